The minimum absolute atomic E-state index is 0.0545. The van der Waals surface area contributed by atoms with Gasteiger partial charge in [0.15, 0.2) is 0 Å². The van der Waals surface area contributed by atoms with Crippen LogP contribution in [-0.2, 0) is 4.79 Å². The largest absolute Gasteiger partial charge is 0.480 e. The van der Waals surface area contributed by atoms with Gasteiger partial charge in [0.05, 0.1) is 6.54 Å². The van der Waals surface area contributed by atoms with Crippen LogP contribution in [0, 0.1) is 19.3 Å². The van der Waals surface area contributed by atoms with Crippen molar-refractivity contribution in [3.8, 4) is 12.3 Å². The fourth-order valence-corrected chi connectivity index (χ4v) is 2.00. The summed E-state index contributed by atoms with van der Waals surface area (Å²) in [6, 6.07) is 5.25. The second-order valence-corrected chi connectivity index (χ2v) is 5.08. The van der Waals surface area contributed by atoms with E-state index < -0.39 is 18.5 Å². The number of hydrogen-bond donors (Lipinski definition) is 2. The number of carboxylic acids is 1. The van der Waals surface area contributed by atoms with Gasteiger partial charge >= 0.3 is 12.0 Å². The lowest BCUT2D eigenvalue weighted by atomic mass is 9.98. The normalized spacial score (nSPS) is 10.0. The number of rotatable bonds is 5. The second-order valence-electron chi connectivity index (χ2n) is 5.08. The Labute approximate surface area is 125 Å². The Balaban J connectivity index is 3.01. The SMILES string of the molecule is C#CCN(CC(=O)O)C(=O)Nc1c(C)cccc1C(C)C. The Morgan fingerprint density at radius 2 is 2.10 bits per heavy atom. The van der Waals surface area contributed by atoms with E-state index in [1.807, 2.05) is 39.0 Å². The molecule has 5 heteroatoms. The molecule has 0 atom stereocenters. The third kappa shape index (κ3) is 4.53. The number of benzene rings is 1. The molecule has 0 heterocycles. The van der Waals surface area contributed by atoms with E-state index in [9.17, 15) is 9.59 Å². The summed E-state index contributed by atoms with van der Waals surface area (Å²) in [5, 5.41) is 11.6. The van der Waals surface area contributed by atoms with Crippen LogP contribution < -0.4 is 5.32 Å². The molecule has 1 aromatic carbocycles. The van der Waals surface area contributed by atoms with Gasteiger partial charge in [-0.1, -0.05) is 38.0 Å². The van der Waals surface area contributed by atoms with E-state index in [1.165, 1.54) is 0 Å². The van der Waals surface area contributed by atoms with E-state index in [0.29, 0.717) is 5.69 Å². The molecule has 0 saturated heterocycles. The number of carbonyl (C=O) groups is 2. The molecule has 0 radical (unpaired) electrons. The Morgan fingerprint density at radius 3 is 2.62 bits per heavy atom. The van der Waals surface area contributed by atoms with Crippen molar-refractivity contribution in [2.24, 2.45) is 0 Å². The van der Waals surface area contributed by atoms with Crippen LogP contribution in [0.15, 0.2) is 18.2 Å². The zero-order chi connectivity index (χ0) is 16.0. The minimum Gasteiger partial charge on any atom is -0.480 e. The number of urea groups is 1. The summed E-state index contributed by atoms with van der Waals surface area (Å²) in [7, 11) is 0. The molecule has 0 aliphatic rings. The highest BCUT2D eigenvalue weighted by Crippen LogP contribution is 2.27. The van der Waals surface area contributed by atoms with E-state index in [1.54, 1.807) is 0 Å². The lowest BCUT2D eigenvalue weighted by molar-refractivity contribution is -0.137. The van der Waals surface area contributed by atoms with E-state index in [2.05, 4.69) is 11.2 Å². The number of aliphatic carboxylic acids is 1. The van der Waals surface area contributed by atoms with Gasteiger partial charge in [-0.25, -0.2) is 4.79 Å². The Bertz CT molecular complexity index is 573. The van der Waals surface area contributed by atoms with Crippen LogP contribution in [0.5, 0.6) is 0 Å². The third-order valence-electron chi connectivity index (χ3n) is 3.05. The average Bonchev–Trinajstić information content (AvgIpc) is 2.39. The molecule has 21 heavy (non-hydrogen) atoms. The third-order valence-corrected chi connectivity index (χ3v) is 3.05. The predicted octanol–water partition coefficient (Wildman–Crippen LogP) is 2.67. The zero-order valence-corrected chi connectivity index (χ0v) is 12.5. The van der Waals surface area contributed by atoms with Gasteiger partial charge in [-0.15, -0.1) is 6.42 Å². The van der Waals surface area contributed by atoms with Crippen molar-refractivity contribution in [3.05, 3.63) is 29.3 Å². The van der Waals surface area contributed by atoms with Crippen LogP contribution in [0.4, 0.5) is 10.5 Å². The molecule has 2 N–H and O–H groups in total. The molecule has 0 aliphatic carbocycles. The molecule has 0 aliphatic heterocycles. The quantitative estimate of drug-likeness (QED) is 0.818. The fraction of sp³-hybridized carbons (Fsp3) is 0.375. The number of nitrogens with zero attached hydrogens (tertiary/aromatic N) is 1. The van der Waals surface area contributed by atoms with E-state index in [0.717, 1.165) is 16.0 Å². The van der Waals surface area contributed by atoms with Gasteiger partial charge in [0.25, 0.3) is 0 Å². The maximum atomic E-state index is 12.2. The average molecular weight is 288 g/mol. The summed E-state index contributed by atoms with van der Waals surface area (Å²) in [5.41, 5.74) is 2.63. The van der Waals surface area contributed by atoms with Crippen molar-refractivity contribution in [3.63, 3.8) is 0 Å². The summed E-state index contributed by atoms with van der Waals surface area (Å²) in [6.07, 6.45) is 5.18. The van der Waals surface area contributed by atoms with Gasteiger partial charge in [0.2, 0.25) is 0 Å². The molecule has 0 bridgehead atoms. The first-order valence-electron chi connectivity index (χ1n) is 6.67. The Kier molecular flexibility index (Phi) is 5.79. The monoisotopic (exact) mass is 288 g/mol. The smallest absolute Gasteiger partial charge is 0.323 e. The minimum atomic E-state index is -1.10. The number of amides is 2. The Hall–Kier alpha value is -2.48. The lowest BCUT2D eigenvalue weighted by Crippen LogP contribution is -2.39. The van der Waals surface area contributed by atoms with Crippen LogP contribution in [0.2, 0.25) is 0 Å². The van der Waals surface area contributed by atoms with Gasteiger partial charge in [0.1, 0.15) is 6.54 Å². The highest BCUT2D eigenvalue weighted by Gasteiger charge is 2.18. The molecule has 0 spiro atoms. The summed E-state index contributed by atoms with van der Waals surface area (Å²) in [6.45, 7) is 5.46. The van der Waals surface area contributed by atoms with Crippen LogP contribution in [-0.4, -0.2) is 35.1 Å². The van der Waals surface area contributed by atoms with Crippen molar-refractivity contribution in [2.45, 2.75) is 26.7 Å². The first kappa shape index (κ1) is 16.6. The highest BCUT2D eigenvalue weighted by atomic mass is 16.4. The molecule has 2 amide bonds. The zero-order valence-electron chi connectivity index (χ0n) is 12.5. The number of aryl methyl sites for hydroxylation is 1. The van der Waals surface area contributed by atoms with Crippen molar-refractivity contribution >= 4 is 17.7 Å². The number of hydrogen-bond acceptors (Lipinski definition) is 2. The number of terminal acetylenes is 1. The molecule has 0 aromatic heterocycles. The first-order chi connectivity index (χ1) is 9.86. The van der Waals surface area contributed by atoms with Gasteiger partial charge in [-0.05, 0) is 24.0 Å². The highest BCUT2D eigenvalue weighted by molar-refractivity contribution is 5.93. The molecule has 0 unspecified atom stereocenters. The van der Waals surface area contributed by atoms with Crippen LogP contribution in [0.1, 0.15) is 30.9 Å². The molecule has 5 nitrogen and oxygen atoms in total. The molecular formula is C16H20N2O3. The van der Waals surface area contributed by atoms with Crippen LogP contribution >= 0.6 is 0 Å². The van der Waals surface area contributed by atoms with Gasteiger partial charge in [0, 0.05) is 5.69 Å². The van der Waals surface area contributed by atoms with E-state index >= 15 is 0 Å². The summed E-state index contributed by atoms with van der Waals surface area (Å²) >= 11 is 0. The van der Waals surface area contributed by atoms with Crippen molar-refractivity contribution < 1.29 is 14.7 Å². The number of anilines is 1. The van der Waals surface area contributed by atoms with Gasteiger partial charge < -0.3 is 15.3 Å². The van der Waals surface area contributed by atoms with Crippen molar-refractivity contribution in [1.29, 1.82) is 0 Å². The lowest BCUT2D eigenvalue weighted by Gasteiger charge is -2.22. The van der Waals surface area contributed by atoms with Crippen molar-refractivity contribution in [1.82, 2.24) is 4.90 Å². The topological polar surface area (TPSA) is 69.6 Å². The van der Waals surface area contributed by atoms with Gasteiger partial charge in [-0.2, -0.15) is 0 Å². The van der Waals surface area contributed by atoms with E-state index in [-0.39, 0.29) is 12.5 Å². The molecular weight excluding hydrogens is 268 g/mol. The second kappa shape index (κ2) is 7.34. The Morgan fingerprint density at radius 1 is 1.43 bits per heavy atom. The molecule has 112 valence electrons. The summed E-state index contributed by atoms with van der Waals surface area (Å²) in [5.74, 6) is 1.43. The number of carbonyl (C=O) groups excluding carboxylic acids is 1. The number of para-hydroxylation sites is 1. The fourth-order valence-electron chi connectivity index (χ4n) is 2.00. The van der Waals surface area contributed by atoms with E-state index in [4.69, 9.17) is 11.5 Å². The van der Waals surface area contributed by atoms with Gasteiger partial charge in [-0.3, -0.25) is 4.79 Å². The molecule has 0 fully saturated rings. The number of carboxylic acid groups (broad SMARTS) is 1. The predicted molar refractivity (Wildman–Crippen MR) is 82.3 cm³/mol. The molecule has 1 aromatic rings. The summed E-state index contributed by atoms with van der Waals surface area (Å²) < 4.78 is 0. The maximum Gasteiger partial charge on any atom is 0.323 e. The maximum absolute atomic E-state index is 12.2. The molecule has 0 saturated carbocycles. The standard InChI is InChI=1S/C16H20N2O3/c1-5-9-18(10-14(19)20)16(21)17-15-12(4)7-6-8-13(15)11(2)3/h1,6-8,11H,9-10H2,2-4H3,(H,17,21)(H,19,20). The summed E-state index contributed by atoms with van der Waals surface area (Å²) in [4.78, 5) is 24.1. The number of nitrogens with one attached hydrogen (secondary N) is 1. The van der Waals surface area contributed by atoms with Crippen LogP contribution in [0.25, 0.3) is 0 Å². The van der Waals surface area contributed by atoms with Crippen LogP contribution in [0.3, 0.4) is 0 Å². The molecule has 1 rings (SSSR count). The van der Waals surface area contributed by atoms with Crippen molar-refractivity contribution in [2.75, 3.05) is 18.4 Å². The first-order valence-corrected chi connectivity index (χ1v) is 6.67.